The van der Waals surface area contributed by atoms with Gasteiger partial charge in [0.15, 0.2) is 0 Å². The molecule has 0 fully saturated rings. The van der Waals surface area contributed by atoms with Gasteiger partial charge in [0.05, 0.1) is 4.92 Å². The first-order valence-corrected chi connectivity index (χ1v) is 7.24. The van der Waals surface area contributed by atoms with Crippen molar-refractivity contribution in [3.8, 4) is 0 Å². The number of hydrogen-bond acceptors (Lipinski definition) is 3. The van der Waals surface area contributed by atoms with Crippen LogP contribution in [0.1, 0.15) is 29.3 Å². The van der Waals surface area contributed by atoms with Crippen molar-refractivity contribution in [2.45, 2.75) is 20.3 Å². The van der Waals surface area contributed by atoms with Gasteiger partial charge in [-0.3, -0.25) is 14.9 Å². The number of nitro groups is 1. The molecule has 5 nitrogen and oxygen atoms in total. The van der Waals surface area contributed by atoms with Gasteiger partial charge in [-0.15, -0.1) is 0 Å². The number of amides is 1. The maximum absolute atomic E-state index is 12.4. The van der Waals surface area contributed by atoms with Gasteiger partial charge in [0.1, 0.15) is 0 Å². The summed E-state index contributed by atoms with van der Waals surface area (Å²) in [7, 11) is 0. The van der Waals surface area contributed by atoms with Crippen LogP contribution < -0.4 is 0 Å². The summed E-state index contributed by atoms with van der Waals surface area (Å²) < 4.78 is 0. The molecule has 0 heterocycles. The van der Waals surface area contributed by atoms with Gasteiger partial charge < -0.3 is 4.90 Å². The summed E-state index contributed by atoms with van der Waals surface area (Å²) in [4.78, 5) is 24.5. The van der Waals surface area contributed by atoms with Crippen molar-refractivity contribution in [2.75, 3.05) is 18.4 Å². The highest BCUT2D eigenvalue weighted by atomic mass is 79.9. The molecule has 0 unspecified atom stereocenters. The first-order valence-electron chi connectivity index (χ1n) is 6.12. The minimum absolute atomic E-state index is 0.0117. The Morgan fingerprint density at radius 1 is 1.47 bits per heavy atom. The third-order valence-electron chi connectivity index (χ3n) is 2.96. The second-order valence-corrected chi connectivity index (χ2v) is 4.93. The number of nitrogens with zero attached hydrogens (tertiary/aromatic N) is 2. The van der Waals surface area contributed by atoms with Gasteiger partial charge in [-0.1, -0.05) is 22.0 Å². The molecule has 0 aliphatic carbocycles. The maximum atomic E-state index is 12.4. The number of benzene rings is 1. The van der Waals surface area contributed by atoms with Crippen molar-refractivity contribution in [3.05, 3.63) is 39.4 Å². The molecular formula is C13H17BrN2O3. The lowest BCUT2D eigenvalue weighted by Crippen LogP contribution is -2.32. The molecule has 0 bridgehead atoms. The fraction of sp³-hybridized carbons (Fsp3) is 0.462. The summed E-state index contributed by atoms with van der Waals surface area (Å²) in [5, 5.41) is 11.7. The van der Waals surface area contributed by atoms with Crippen LogP contribution >= 0.6 is 15.9 Å². The Hall–Kier alpha value is -1.43. The van der Waals surface area contributed by atoms with E-state index < -0.39 is 4.92 Å². The van der Waals surface area contributed by atoms with E-state index in [-0.39, 0.29) is 11.6 Å². The van der Waals surface area contributed by atoms with Crippen molar-refractivity contribution in [2.24, 2.45) is 0 Å². The van der Waals surface area contributed by atoms with Crippen LogP contribution in [0.25, 0.3) is 0 Å². The van der Waals surface area contributed by atoms with E-state index in [1.807, 2.05) is 6.92 Å². The zero-order valence-corrected chi connectivity index (χ0v) is 12.6. The average molecular weight is 329 g/mol. The molecule has 1 rings (SSSR count). The van der Waals surface area contributed by atoms with Crippen molar-refractivity contribution >= 4 is 27.5 Å². The van der Waals surface area contributed by atoms with Crippen LogP contribution in [0, 0.1) is 17.0 Å². The van der Waals surface area contributed by atoms with Crippen molar-refractivity contribution in [1.82, 2.24) is 4.90 Å². The van der Waals surface area contributed by atoms with Crippen LogP contribution in [0.15, 0.2) is 18.2 Å². The van der Waals surface area contributed by atoms with E-state index in [1.54, 1.807) is 24.0 Å². The van der Waals surface area contributed by atoms with Gasteiger partial charge >= 0.3 is 0 Å². The first-order chi connectivity index (χ1) is 9.02. The highest BCUT2D eigenvalue weighted by Crippen LogP contribution is 2.22. The summed E-state index contributed by atoms with van der Waals surface area (Å²) >= 11 is 3.33. The van der Waals surface area contributed by atoms with Crippen LogP contribution in [0.5, 0.6) is 0 Å². The van der Waals surface area contributed by atoms with Gasteiger partial charge in [0.25, 0.3) is 11.6 Å². The molecule has 6 heteroatoms. The minimum Gasteiger partial charge on any atom is -0.339 e. The Kier molecular flexibility index (Phi) is 5.95. The highest BCUT2D eigenvalue weighted by molar-refractivity contribution is 9.09. The maximum Gasteiger partial charge on any atom is 0.273 e. The van der Waals surface area contributed by atoms with E-state index in [0.29, 0.717) is 24.2 Å². The Balaban J connectivity index is 3.04. The summed E-state index contributed by atoms with van der Waals surface area (Å²) in [5.41, 5.74) is 0.822. The van der Waals surface area contributed by atoms with Gasteiger partial charge in [-0.2, -0.15) is 0 Å². The second kappa shape index (κ2) is 7.23. The van der Waals surface area contributed by atoms with Crippen molar-refractivity contribution in [3.63, 3.8) is 0 Å². The Bertz CT molecular complexity index is 477. The minimum atomic E-state index is -0.457. The van der Waals surface area contributed by atoms with Crippen LogP contribution in [0.2, 0.25) is 0 Å². The topological polar surface area (TPSA) is 63.5 Å². The number of hydrogen-bond donors (Lipinski definition) is 0. The van der Waals surface area contributed by atoms with Crippen molar-refractivity contribution in [1.29, 1.82) is 0 Å². The SMILES string of the molecule is CCN(CCCBr)C(=O)c1cccc([N+](=O)[O-])c1C. The van der Waals surface area contributed by atoms with Crippen LogP contribution in [0.4, 0.5) is 5.69 Å². The molecule has 19 heavy (non-hydrogen) atoms. The molecular weight excluding hydrogens is 312 g/mol. The summed E-state index contributed by atoms with van der Waals surface area (Å²) in [6.07, 6.45) is 0.855. The third kappa shape index (κ3) is 3.76. The smallest absolute Gasteiger partial charge is 0.273 e. The monoisotopic (exact) mass is 328 g/mol. The van der Waals surface area contributed by atoms with Gasteiger partial charge in [-0.25, -0.2) is 0 Å². The van der Waals surface area contributed by atoms with E-state index in [0.717, 1.165) is 11.8 Å². The predicted octanol–water partition coefficient (Wildman–Crippen LogP) is 3.15. The second-order valence-electron chi connectivity index (χ2n) is 4.13. The zero-order valence-electron chi connectivity index (χ0n) is 11.1. The lowest BCUT2D eigenvalue weighted by Gasteiger charge is -2.21. The van der Waals surface area contributed by atoms with Gasteiger partial charge in [0.2, 0.25) is 0 Å². The number of carbonyl (C=O) groups excluding carboxylic acids is 1. The van der Waals surface area contributed by atoms with Gasteiger partial charge in [0, 0.05) is 35.6 Å². The van der Waals surface area contributed by atoms with E-state index in [1.165, 1.54) is 6.07 Å². The van der Waals surface area contributed by atoms with E-state index in [2.05, 4.69) is 15.9 Å². The van der Waals surface area contributed by atoms with Gasteiger partial charge in [-0.05, 0) is 26.3 Å². The van der Waals surface area contributed by atoms with E-state index in [9.17, 15) is 14.9 Å². The highest BCUT2D eigenvalue weighted by Gasteiger charge is 2.21. The molecule has 1 aromatic carbocycles. The number of halogens is 1. The Morgan fingerprint density at radius 2 is 2.16 bits per heavy atom. The molecule has 0 saturated carbocycles. The fourth-order valence-corrected chi connectivity index (χ4v) is 2.13. The third-order valence-corrected chi connectivity index (χ3v) is 3.52. The fourth-order valence-electron chi connectivity index (χ4n) is 1.88. The number of nitro benzene ring substituents is 1. The average Bonchev–Trinajstić information content (AvgIpc) is 2.39. The summed E-state index contributed by atoms with van der Waals surface area (Å²) in [5.74, 6) is -0.148. The number of alkyl halides is 1. The Morgan fingerprint density at radius 3 is 2.68 bits per heavy atom. The van der Waals surface area contributed by atoms with Crippen molar-refractivity contribution < 1.29 is 9.72 Å². The van der Waals surface area contributed by atoms with Crippen LogP contribution in [0.3, 0.4) is 0 Å². The lowest BCUT2D eigenvalue weighted by atomic mass is 10.1. The molecule has 104 valence electrons. The quantitative estimate of drug-likeness (QED) is 0.457. The van der Waals surface area contributed by atoms with E-state index in [4.69, 9.17) is 0 Å². The molecule has 0 aliphatic rings. The first kappa shape index (κ1) is 15.6. The molecule has 0 saturated heterocycles. The van der Waals surface area contributed by atoms with E-state index >= 15 is 0 Å². The largest absolute Gasteiger partial charge is 0.339 e. The molecule has 0 spiro atoms. The van der Waals surface area contributed by atoms with Crippen LogP contribution in [-0.4, -0.2) is 34.2 Å². The lowest BCUT2D eigenvalue weighted by molar-refractivity contribution is -0.385. The number of carbonyl (C=O) groups is 1. The molecule has 0 aliphatic heterocycles. The number of rotatable bonds is 6. The summed E-state index contributed by atoms with van der Waals surface area (Å²) in [6.45, 7) is 4.75. The molecule has 1 amide bonds. The molecule has 0 aromatic heterocycles. The predicted molar refractivity (Wildman–Crippen MR) is 77.8 cm³/mol. The molecule has 0 radical (unpaired) electrons. The normalized spacial score (nSPS) is 10.3. The molecule has 1 aromatic rings. The zero-order chi connectivity index (χ0) is 14.4. The standard InChI is InChI=1S/C13H17BrN2O3/c1-3-15(9-5-8-14)13(17)11-6-4-7-12(10(11)2)16(18)19/h4,6-7H,3,5,8-9H2,1-2H3. The van der Waals surface area contributed by atoms with Crippen LogP contribution in [-0.2, 0) is 0 Å². The molecule has 0 N–H and O–H groups in total. The molecule has 0 atom stereocenters. The Labute approximate surface area is 120 Å². The summed E-state index contributed by atoms with van der Waals surface area (Å²) in [6, 6.07) is 4.61.